The maximum Gasteiger partial charge on any atom is 0.260 e. The summed E-state index contributed by atoms with van der Waals surface area (Å²) in [5, 5.41) is 12.1. The van der Waals surface area contributed by atoms with Crippen molar-refractivity contribution < 1.29 is 9.59 Å². The van der Waals surface area contributed by atoms with Crippen molar-refractivity contribution in [3.63, 3.8) is 0 Å². The molecule has 0 spiro atoms. The molecule has 0 aliphatic carbocycles. The van der Waals surface area contributed by atoms with Crippen molar-refractivity contribution in [1.82, 2.24) is 0 Å². The molecular weight excluding hydrogens is 302 g/mol. The summed E-state index contributed by atoms with van der Waals surface area (Å²) in [6, 6.07) is 20.1. The highest BCUT2D eigenvalue weighted by molar-refractivity contribution is 6.23. The van der Waals surface area contributed by atoms with Crippen LogP contribution in [0.1, 0.15) is 13.8 Å². The molecule has 2 aromatic rings. The molecule has 1 aliphatic heterocycles. The highest BCUT2D eigenvalue weighted by Gasteiger charge is 2.54. The van der Waals surface area contributed by atoms with Gasteiger partial charge in [-0.3, -0.25) is 9.59 Å². The first-order chi connectivity index (χ1) is 11.5. The molecule has 1 aliphatic rings. The summed E-state index contributed by atoms with van der Waals surface area (Å²) < 4.78 is 0. The van der Waals surface area contributed by atoms with E-state index in [2.05, 4.69) is 6.07 Å². The van der Waals surface area contributed by atoms with Crippen LogP contribution < -0.4 is 10.0 Å². The third-order valence-corrected chi connectivity index (χ3v) is 4.12. The topological polar surface area (TPSA) is 64.4 Å². The normalized spacial score (nSPS) is 15.7. The molecule has 0 N–H and O–H groups in total. The number of nitriles is 1. The number of carbonyl (C=O) groups is 2. The number of hydrazine groups is 1. The zero-order chi connectivity index (χ0) is 17.3. The molecule has 5 heteroatoms. The van der Waals surface area contributed by atoms with Gasteiger partial charge in [-0.15, -0.1) is 0 Å². The summed E-state index contributed by atoms with van der Waals surface area (Å²) in [5.41, 5.74) is 0.0944. The predicted octanol–water partition coefficient (Wildman–Crippen LogP) is 3.15. The first kappa shape index (κ1) is 15.8. The highest BCUT2D eigenvalue weighted by atomic mass is 16.2. The van der Waals surface area contributed by atoms with Crippen molar-refractivity contribution in [2.45, 2.75) is 13.8 Å². The fraction of sp³-hybridized carbons (Fsp3) is 0.211. The fourth-order valence-electron chi connectivity index (χ4n) is 2.85. The number of anilines is 2. The van der Waals surface area contributed by atoms with E-state index in [-0.39, 0.29) is 11.8 Å². The van der Waals surface area contributed by atoms with E-state index < -0.39 is 11.3 Å². The zero-order valence-corrected chi connectivity index (χ0v) is 13.5. The number of carbonyl (C=O) groups excluding carboxylic acids is 2. The van der Waals surface area contributed by atoms with E-state index >= 15 is 0 Å². The van der Waals surface area contributed by atoms with Crippen LogP contribution in [0.3, 0.4) is 0 Å². The summed E-state index contributed by atoms with van der Waals surface area (Å²) >= 11 is 0. The number of para-hydroxylation sites is 2. The maximum absolute atomic E-state index is 13.0. The molecule has 0 atom stereocenters. The molecular formula is C19H17N3O2. The number of rotatable bonds is 3. The minimum atomic E-state index is -1.09. The second kappa shape index (κ2) is 5.82. The summed E-state index contributed by atoms with van der Waals surface area (Å²) in [4.78, 5) is 26.0. The molecule has 3 rings (SSSR count). The van der Waals surface area contributed by atoms with Crippen LogP contribution in [0.25, 0.3) is 0 Å². The Morgan fingerprint density at radius 2 is 1.21 bits per heavy atom. The van der Waals surface area contributed by atoms with E-state index in [4.69, 9.17) is 0 Å². The van der Waals surface area contributed by atoms with Gasteiger partial charge in [-0.1, -0.05) is 36.4 Å². The van der Waals surface area contributed by atoms with E-state index in [0.29, 0.717) is 11.4 Å². The fourth-order valence-corrected chi connectivity index (χ4v) is 2.85. The lowest BCUT2D eigenvalue weighted by molar-refractivity contribution is -0.130. The minimum Gasteiger partial charge on any atom is -0.272 e. The maximum atomic E-state index is 13.0. The van der Waals surface area contributed by atoms with Crippen molar-refractivity contribution in [2.75, 3.05) is 10.0 Å². The van der Waals surface area contributed by atoms with Gasteiger partial charge in [0.15, 0.2) is 0 Å². The van der Waals surface area contributed by atoms with Gasteiger partial charge in [-0.25, -0.2) is 10.0 Å². The first-order valence-electron chi connectivity index (χ1n) is 7.66. The SMILES string of the molecule is CC(C)(C#N)C1C(=O)N(c2ccccc2)N(c2ccccc2)C1=O. The lowest BCUT2D eigenvalue weighted by Gasteiger charge is -2.27. The number of hydrogen-bond donors (Lipinski definition) is 0. The van der Waals surface area contributed by atoms with E-state index in [9.17, 15) is 14.9 Å². The van der Waals surface area contributed by atoms with Crippen LogP contribution in [0.5, 0.6) is 0 Å². The molecule has 0 bridgehead atoms. The molecule has 0 unspecified atom stereocenters. The summed E-state index contributed by atoms with van der Waals surface area (Å²) in [5.74, 6) is -1.81. The van der Waals surface area contributed by atoms with Gasteiger partial charge in [0.25, 0.3) is 11.8 Å². The Hall–Kier alpha value is -3.13. The highest BCUT2D eigenvalue weighted by Crippen LogP contribution is 2.39. The van der Waals surface area contributed by atoms with Crippen LogP contribution in [0.4, 0.5) is 11.4 Å². The van der Waals surface area contributed by atoms with Gasteiger partial charge in [-0.2, -0.15) is 5.26 Å². The van der Waals surface area contributed by atoms with Crippen LogP contribution in [-0.4, -0.2) is 11.8 Å². The van der Waals surface area contributed by atoms with Crippen molar-refractivity contribution in [3.05, 3.63) is 60.7 Å². The Morgan fingerprint density at radius 1 is 0.833 bits per heavy atom. The summed E-state index contributed by atoms with van der Waals surface area (Å²) in [6.07, 6.45) is 0. The molecule has 24 heavy (non-hydrogen) atoms. The Labute approximate surface area is 140 Å². The third-order valence-electron chi connectivity index (χ3n) is 4.12. The van der Waals surface area contributed by atoms with Crippen LogP contribution in [0.2, 0.25) is 0 Å². The van der Waals surface area contributed by atoms with Crippen molar-refractivity contribution >= 4 is 23.2 Å². The molecule has 0 saturated carbocycles. The molecule has 1 fully saturated rings. The molecule has 5 nitrogen and oxygen atoms in total. The molecule has 2 aromatic carbocycles. The van der Waals surface area contributed by atoms with Gasteiger partial charge in [0, 0.05) is 0 Å². The summed E-state index contributed by atoms with van der Waals surface area (Å²) in [6.45, 7) is 3.23. The predicted molar refractivity (Wildman–Crippen MR) is 90.7 cm³/mol. The van der Waals surface area contributed by atoms with Crippen LogP contribution in [0.15, 0.2) is 60.7 Å². The third kappa shape index (κ3) is 2.42. The Morgan fingerprint density at radius 3 is 1.54 bits per heavy atom. The Balaban J connectivity index is 2.15. The second-order valence-corrected chi connectivity index (χ2v) is 6.24. The molecule has 1 saturated heterocycles. The molecule has 120 valence electrons. The quantitative estimate of drug-likeness (QED) is 0.816. The Kier molecular flexibility index (Phi) is 3.82. The zero-order valence-electron chi connectivity index (χ0n) is 13.5. The van der Waals surface area contributed by atoms with Gasteiger partial charge in [0.05, 0.1) is 22.9 Å². The van der Waals surface area contributed by atoms with E-state index in [1.807, 2.05) is 12.1 Å². The average Bonchev–Trinajstić information content (AvgIpc) is 2.87. The van der Waals surface area contributed by atoms with Crippen LogP contribution in [-0.2, 0) is 9.59 Å². The number of nitrogens with zero attached hydrogens (tertiary/aromatic N) is 3. The number of amides is 2. The smallest absolute Gasteiger partial charge is 0.260 e. The Bertz CT molecular complexity index is 752. The number of benzene rings is 2. The average molecular weight is 319 g/mol. The lowest BCUT2D eigenvalue weighted by atomic mass is 9.79. The van der Waals surface area contributed by atoms with Crippen molar-refractivity contribution in [1.29, 1.82) is 5.26 Å². The van der Waals surface area contributed by atoms with Crippen LogP contribution in [0, 0.1) is 22.7 Å². The minimum absolute atomic E-state index is 0.387. The van der Waals surface area contributed by atoms with Gasteiger partial charge < -0.3 is 0 Å². The number of hydrogen-bond acceptors (Lipinski definition) is 3. The van der Waals surface area contributed by atoms with E-state index in [1.165, 1.54) is 10.0 Å². The van der Waals surface area contributed by atoms with E-state index in [1.54, 1.807) is 62.4 Å². The van der Waals surface area contributed by atoms with Gasteiger partial charge in [0.2, 0.25) is 0 Å². The summed E-state index contributed by atoms with van der Waals surface area (Å²) in [7, 11) is 0. The molecule has 0 radical (unpaired) electrons. The monoisotopic (exact) mass is 319 g/mol. The second-order valence-electron chi connectivity index (χ2n) is 6.24. The van der Waals surface area contributed by atoms with Gasteiger partial charge >= 0.3 is 0 Å². The largest absolute Gasteiger partial charge is 0.272 e. The van der Waals surface area contributed by atoms with Gasteiger partial charge in [0.1, 0.15) is 5.92 Å². The lowest BCUT2D eigenvalue weighted by Crippen LogP contribution is -2.41. The molecule has 2 amide bonds. The molecule has 0 aromatic heterocycles. The van der Waals surface area contributed by atoms with Crippen LogP contribution >= 0.6 is 0 Å². The van der Waals surface area contributed by atoms with Crippen molar-refractivity contribution in [3.8, 4) is 6.07 Å². The first-order valence-corrected chi connectivity index (χ1v) is 7.66. The van der Waals surface area contributed by atoms with Gasteiger partial charge in [-0.05, 0) is 38.1 Å². The molecule has 1 heterocycles. The van der Waals surface area contributed by atoms with E-state index in [0.717, 1.165) is 0 Å². The van der Waals surface area contributed by atoms with Crippen molar-refractivity contribution in [2.24, 2.45) is 11.3 Å². The standard InChI is InChI=1S/C19H17N3O2/c1-19(2,13-20)16-17(23)21(14-9-5-3-6-10-14)22(18(16)24)15-11-7-4-8-12-15/h3-12,16H,1-2H3.